The summed E-state index contributed by atoms with van der Waals surface area (Å²) in [5, 5.41) is 12.8. The summed E-state index contributed by atoms with van der Waals surface area (Å²) >= 11 is 5.87. The van der Waals surface area contributed by atoms with Crippen LogP contribution in [0, 0.1) is 5.92 Å². The first-order chi connectivity index (χ1) is 8.08. The maximum atomic E-state index is 11.0. The molecule has 0 unspecified atom stereocenters. The van der Waals surface area contributed by atoms with Crippen molar-refractivity contribution in [3.8, 4) is 0 Å². The predicted octanol–water partition coefficient (Wildman–Crippen LogP) is 3.89. The summed E-state index contributed by atoms with van der Waals surface area (Å²) in [7, 11) is 0. The molecular formula is C13H18ClNO2. The third-order valence-corrected chi connectivity index (χ3v) is 3.18. The van der Waals surface area contributed by atoms with E-state index in [-0.39, 0.29) is 5.56 Å². The second-order valence-corrected chi connectivity index (χ2v) is 4.49. The molecule has 1 rings (SSSR count). The Hall–Kier alpha value is -1.22. The molecule has 0 bridgehead atoms. The van der Waals surface area contributed by atoms with E-state index in [0.717, 1.165) is 19.4 Å². The first-order valence-corrected chi connectivity index (χ1v) is 6.23. The normalized spacial score (nSPS) is 10.6. The van der Waals surface area contributed by atoms with Crippen LogP contribution in [0.1, 0.15) is 37.0 Å². The van der Waals surface area contributed by atoms with E-state index in [2.05, 4.69) is 19.2 Å². The number of benzene rings is 1. The first-order valence-electron chi connectivity index (χ1n) is 5.85. The highest BCUT2D eigenvalue weighted by molar-refractivity contribution is 6.31. The van der Waals surface area contributed by atoms with Crippen molar-refractivity contribution in [1.82, 2.24) is 0 Å². The Balaban J connectivity index is 2.81. The van der Waals surface area contributed by atoms with E-state index in [9.17, 15) is 4.79 Å². The van der Waals surface area contributed by atoms with Crippen molar-refractivity contribution in [3.63, 3.8) is 0 Å². The van der Waals surface area contributed by atoms with Crippen molar-refractivity contribution < 1.29 is 9.90 Å². The van der Waals surface area contributed by atoms with Crippen LogP contribution in [0.2, 0.25) is 5.02 Å². The first kappa shape index (κ1) is 13.8. The zero-order valence-corrected chi connectivity index (χ0v) is 10.9. The number of halogens is 1. The van der Waals surface area contributed by atoms with Crippen molar-refractivity contribution in [2.24, 2.45) is 5.92 Å². The summed E-state index contributed by atoms with van der Waals surface area (Å²) in [6.45, 7) is 5.03. The second kappa shape index (κ2) is 6.50. The average molecular weight is 256 g/mol. The molecule has 0 spiro atoms. The third-order valence-electron chi connectivity index (χ3n) is 2.95. The van der Waals surface area contributed by atoms with E-state index < -0.39 is 5.97 Å². The van der Waals surface area contributed by atoms with Crippen LogP contribution in [0.3, 0.4) is 0 Å². The largest absolute Gasteiger partial charge is 0.478 e. The maximum Gasteiger partial charge on any atom is 0.337 e. The van der Waals surface area contributed by atoms with E-state index in [0.29, 0.717) is 16.6 Å². The monoisotopic (exact) mass is 255 g/mol. The molecule has 0 atom stereocenters. The molecule has 0 amide bonds. The van der Waals surface area contributed by atoms with Crippen molar-refractivity contribution >= 4 is 23.3 Å². The van der Waals surface area contributed by atoms with Gasteiger partial charge in [0.2, 0.25) is 0 Å². The molecule has 1 aromatic carbocycles. The molecule has 1 aromatic rings. The highest BCUT2D eigenvalue weighted by atomic mass is 35.5. The number of aromatic carboxylic acids is 1. The van der Waals surface area contributed by atoms with Crippen molar-refractivity contribution in [2.75, 3.05) is 11.9 Å². The van der Waals surface area contributed by atoms with E-state index in [1.54, 1.807) is 12.1 Å². The minimum atomic E-state index is -0.936. The van der Waals surface area contributed by atoms with Gasteiger partial charge in [0.15, 0.2) is 0 Å². The summed E-state index contributed by atoms with van der Waals surface area (Å²) < 4.78 is 0. The summed E-state index contributed by atoms with van der Waals surface area (Å²) in [6.07, 6.45) is 2.15. The Morgan fingerprint density at radius 2 is 2.06 bits per heavy atom. The average Bonchev–Trinajstić information content (AvgIpc) is 2.30. The van der Waals surface area contributed by atoms with Gasteiger partial charge in [-0.3, -0.25) is 0 Å². The van der Waals surface area contributed by atoms with Crippen LogP contribution >= 0.6 is 11.6 Å². The smallest absolute Gasteiger partial charge is 0.337 e. The molecule has 0 aliphatic rings. The minimum Gasteiger partial charge on any atom is -0.478 e. The van der Waals surface area contributed by atoms with Crippen LogP contribution in [0.4, 0.5) is 5.69 Å². The van der Waals surface area contributed by atoms with Crippen LogP contribution in [-0.2, 0) is 0 Å². The Bertz CT molecular complexity index is 389. The van der Waals surface area contributed by atoms with Gasteiger partial charge in [-0.2, -0.15) is 0 Å². The van der Waals surface area contributed by atoms with Crippen LogP contribution < -0.4 is 5.32 Å². The highest BCUT2D eigenvalue weighted by Gasteiger charge is 2.11. The lowest BCUT2D eigenvalue weighted by Gasteiger charge is -2.15. The quantitative estimate of drug-likeness (QED) is 0.811. The lowest BCUT2D eigenvalue weighted by molar-refractivity contribution is 0.0698. The zero-order valence-electron chi connectivity index (χ0n) is 10.2. The fourth-order valence-electron chi connectivity index (χ4n) is 1.68. The van der Waals surface area contributed by atoms with Gasteiger partial charge in [0.1, 0.15) is 0 Å². The molecule has 0 aliphatic carbocycles. The van der Waals surface area contributed by atoms with E-state index >= 15 is 0 Å². The third kappa shape index (κ3) is 3.93. The van der Waals surface area contributed by atoms with E-state index in [4.69, 9.17) is 16.7 Å². The SMILES string of the molecule is CCC(CC)CNc1cc(Cl)ccc1C(=O)O. The molecule has 0 aliphatic heterocycles. The van der Waals surface area contributed by atoms with Gasteiger partial charge in [-0.15, -0.1) is 0 Å². The molecule has 0 aromatic heterocycles. The van der Waals surface area contributed by atoms with Gasteiger partial charge >= 0.3 is 5.97 Å². The van der Waals surface area contributed by atoms with Crippen molar-refractivity contribution in [1.29, 1.82) is 0 Å². The predicted molar refractivity (Wildman–Crippen MR) is 71.0 cm³/mol. The number of hydrogen-bond donors (Lipinski definition) is 2. The number of carboxylic acid groups (broad SMARTS) is 1. The number of rotatable bonds is 6. The number of carboxylic acids is 1. The summed E-state index contributed by atoms with van der Waals surface area (Å²) in [5.74, 6) is -0.385. The maximum absolute atomic E-state index is 11.0. The van der Waals surface area contributed by atoms with Gasteiger partial charge in [0.05, 0.1) is 11.3 Å². The highest BCUT2D eigenvalue weighted by Crippen LogP contribution is 2.22. The molecule has 17 heavy (non-hydrogen) atoms. The number of nitrogens with one attached hydrogen (secondary N) is 1. The Morgan fingerprint density at radius 1 is 1.41 bits per heavy atom. The molecule has 0 heterocycles. The number of anilines is 1. The molecular weight excluding hydrogens is 238 g/mol. The Kier molecular flexibility index (Phi) is 5.29. The topological polar surface area (TPSA) is 49.3 Å². The van der Waals surface area contributed by atoms with Crippen molar-refractivity contribution in [3.05, 3.63) is 28.8 Å². The molecule has 0 radical (unpaired) electrons. The molecule has 0 saturated heterocycles. The Morgan fingerprint density at radius 3 is 2.59 bits per heavy atom. The summed E-state index contributed by atoms with van der Waals surface area (Å²) in [5.41, 5.74) is 0.859. The molecule has 2 N–H and O–H groups in total. The van der Waals surface area contributed by atoms with Crippen LogP contribution in [0.5, 0.6) is 0 Å². The second-order valence-electron chi connectivity index (χ2n) is 4.06. The lowest BCUT2D eigenvalue weighted by Crippen LogP contribution is -2.15. The number of hydrogen-bond acceptors (Lipinski definition) is 2. The molecule has 94 valence electrons. The van der Waals surface area contributed by atoms with E-state index in [1.165, 1.54) is 6.07 Å². The summed E-state index contributed by atoms with van der Waals surface area (Å²) in [4.78, 5) is 11.0. The van der Waals surface area contributed by atoms with Gasteiger partial charge in [-0.1, -0.05) is 38.3 Å². The summed E-state index contributed by atoms with van der Waals surface area (Å²) in [6, 6.07) is 4.78. The Labute approximate surface area is 107 Å². The van der Waals surface area contributed by atoms with Crippen LogP contribution in [-0.4, -0.2) is 17.6 Å². The molecule has 3 nitrogen and oxygen atoms in total. The van der Waals surface area contributed by atoms with Crippen LogP contribution in [0.25, 0.3) is 0 Å². The minimum absolute atomic E-state index is 0.264. The van der Waals surface area contributed by atoms with Crippen LogP contribution in [0.15, 0.2) is 18.2 Å². The molecule has 0 fully saturated rings. The fraction of sp³-hybridized carbons (Fsp3) is 0.462. The van der Waals surface area contributed by atoms with Gasteiger partial charge in [0.25, 0.3) is 0 Å². The number of carbonyl (C=O) groups is 1. The van der Waals surface area contributed by atoms with E-state index in [1.807, 2.05) is 0 Å². The van der Waals surface area contributed by atoms with Gasteiger partial charge in [-0.05, 0) is 24.1 Å². The van der Waals surface area contributed by atoms with Gasteiger partial charge < -0.3 is 10.4 Å². The lowest BCUT2D eigenvalue weighted by atomic mass is 10.0. The standard InChI is InChI=1S/C13H18ClNO2/c1-3-9(4-2)8-15-12-7-10(14)5-6-11(12)13(16)17/h5-7,9,15H,3-4,8H2,1-2H3,(H,16,17). The van der Waals surface area contributed by atoms with Gasteiger partial charge in [-0.25, -0.2) is 4.79 Å². The molecule has 4 heteroatoms. The molecule has 0 saturated carbocycles. The van der Waals surface area contributed by atoms with Gasteiger partial charge in [0, 0.05) is 11.6 Å². The fourth-order valence-corrected chi connectivity index (χ4v) is 1.85. The zero-order chi connectivity index (χ0) is 12.8. The van der Waals surface area contributed by atoms with Crippen molar-refractivity contribution in [2.45, 2.75) is 26.7 Å².